The minimum atomic E-state index is 0.928. The number of hydrazine groups is 1. The summed E-state index contributed by atoms with van der Waals surface area (Å²) in [5.74, 6) is 5.26. The molecule has 0 heterocycles. The third-order valence-electron chi connectivity index (χ3n) is 1.95. The smallest absolute Gasteiger partial charge is 0.0485 e. The lowest BCUT2D eigenvalue weighted by atomic mass is 10.2. The van der Waals surface area contributed by atoms with E-state index in [2.05, 4.69) is 22.9 Å². The number of hydrogen-bond donors (Lipinski definition) is 3. The highest BCUT2D eigenvalue weighted by Gasteiger charge is 1.87. The zero-order valence-electron chi connectivity index (χ0n) is 8.46. The summed E-state index contributed by atoms with van der Waals surface area (Å²) in [5, 5.41) is 3.09. The first-order valence-electron chi connectivity index (χ1n) is 4.74. The molecule has 4 N–H and O–H groups in total. The quantitative estimate of drug-likeness (QED) is 0.376. The highest BCUT2D eigenvalue weighted by Crippen LogP contribution is 2.09. The van der Waals surface area contributed by atoms with Crippen LogP contribution in [0.5, 0.6) is 0 Å². The molecule has 0 aliphatic rings. The second kappa shape index (κ2) is 6.18. The Morgan fingerprint density at radius 1 is 1.29 bits per heavy atom. The second-order valence-corrected chi connectivity index (χ2v) is 3.06. The van der Waals surface area contributed by atoms with Crippen LogP contribution in [0.25, 0.3) is 6.08 Å². The fraction of sp³-hybridized carbons (Fsp3) is 0.273. The predicted molar refractivity (Wildman–Crippen MR) is 61.8 cm³/mol. The number of rotatable bonds is 5. The summed E-state index contributed by atoms with van der Waals surface area (Å²) in [5.41, 5.74) is 4.72. The van der Waals surface area contributed by atoms with Gasteiger partial charge >= 0.3 is 0 Å². The SMILES string of the molecule is CNCCC=Cc1ccc(NN)cc1. The molecule has 0 unspecified atom stereocenters. The molecule has 0 saturated heterocycles. The highest BCUT2D eigenvalue weighted by molar-refractivity contribution is 5.54. The monoisotopic (exact) mass is 191 g/mol. The number of nitrogen functional groups attached to an aromatic ring is 1. The summed E-state index contributed by atoms with van der Waals surface area (Å²) in [6.07, 6.45) is 5.31. The van der Waals surface area contributed by atoms with Crippen molar-refractivity contribution in [2.75, 3.05) is 19.0 Å². The molecule has 0 amide bonds. The summed E-state index contributed by atoms with van der Waals surface area (Å²) in [7, 11) is 1.95. The van der Waals surface area contributed by atoms with Crippen molar-refractivity contribution in [2.45, 2.75) is 6.42 Å². The van der Waals surface area contributed by atoms with Crippen LogP contribution in [0.2, 0.25) is 0 Å². The molecule has 0 radical (unpaired) electrons. The Morgan fingerprint density at radius 2 is 2.00 bits per heavy atom. The van der Waals surface area contributed by atoms with Crippen LogP contribution in [0.3, 0.4) is 0 Å². The van der Waals surface area contributed by atoms with E-state index in [9.17, 15) is 0 Å². The minimum absolute atomic E-state index is 0.928. The molecule has 14 heavy (non-hydrogen) atoms. The molecule has 0 aromatic heterocycles. The molecular weight excluding hydrogens is 174 g/mol. The summed E-state index contributed by atoms with van der Waals surface area (Å²) < 4.78 is 0. The van der Waals surface area contributed by atoms with E-state index in [1.807, 2.05) is 31.3 Å². The Labute approximate surface area is 85.0 Å². The van der Waals surface area contributed by atoms with Crippen molar-refractivity contribution >= 4 is 11.8 Å². The lowest BCUT2D eigenvalue weighted by molar-refractivity contribution is 0.809. The van der Waals surface area contributed by atoms with Crippen LogP contribution in [0, 0.1) is 0 Å². The molecule has 1 aromatic carbocycles. The first-order chi connectivity index (χ1) is 6.86. The van der Waals surface area contributed by atoms with Crippen LogP contribution in [-0.4, -0.2) is 13.6 Å². The van der Waals surface area contributed by atoms with E-state index in [1.165, 1.54) is 5.56 Å². The molecule has 0 fully saturated rings. The van der Waals surface area contributed by atoms with Crippen LogP contribution < -0.4 is 16.6 Å². The standard InChI is InChI=1S/C11H17N3/c1-13-9-3-2-4-10-5-7-11(14-12)8-6-10/h2,4-8,13-14H,3,9,12H2,1H3. The number of benzene rings is 1. The van der Waals surface area contributed by atoms with Crippen LogP contribution in [-0.2, 0) is 0 Å². The van der Waals surface area contributed by atoms with Gasteiger partial charge in [-0.15, -0.1) is 0 Å². The highest BCUT2D eigenvalue weighted by atomic mass is 15.2. The Bertz CT molecular complexity index is 277. The minimum Gasteiger partial charge on any atom is -0.324 e. The molecule has 0 spiro atoms. The van der Waals surface area contributed by atoms with E-state index in [-0.39, 0.29) is 0 Å². The lowest BCUT2D eigenvalue weighted by Gasteiger charge is -1.99. The first kappa shape index (κ1) is 10.8. The van der Waals surface area contributed by atoms with E-state index in [0.29, 0.717) is 0 Å². The maximum Gasteiger partial charge on any atom is 0.0485 e. The van der Waals surface area contributed by atoms with Gasteiger partial charge in [0.15, 0.2) is 0 Å². The second-order valence-electron chi connectivity index (χ2n) is 3.06. The fourth-order valence-corrected chi connectivity index (χ4v) is 1.14. The Kier molecular flexibility index (Phi) is 4.75. The lowest BCUT2D eigenvalue weighted by Crippen LogP contribution is -2.06. The van der Waals surface area contributed by atoms with E-state index in [1.54, 1.807) is 0 Å². The van der Waals surface area contributed by atoms with Crippen LogP contribution in [0.4, 0.5) is 5.69 Å². The van der Waals surface area contributed by atoms with Crippen molar-refractivity contribution < 1.29 is 0 Å². The number of nitrogens with two attached hydrogens (primary N) is 1. The molecule has 0 aliphatic heterocycles. The van der Waals surface area contributed by atoms with E-state index in [4.69, 9.17) is 5.84 Å². The zero-order chi connectivity index (χ0) is 10.2. The summed E-state index contributed by atoms with van der Waals surface area (Å²) in [6.45, 7) is 1.01. The fourth-order valence-electron chi connectivity index (χ4n) is 1.14. The molecule has 0 aliphatic carbocycles. The van der Waals surface area contributed by atoms with Crippen LogP contribution in [0.15, 0.2) is 30.3 Å². The van der Waals surface area contributed by atoms with Gasteiger partial charge in [-0.1, -0.05) is 24.3 Å². The van der Waals surface area contributed by atoms with Crippen LogP contribution >= 0.6 is 0 Å². The Balaban J connectivity index is 2.47. The topological polar surface area (TPSA) is 50.1 Å². The molecular formula is C11H17N3. The number of nitrogens with one attached hydrogen (secondary N) is 2. The van der Waals surface area contributed by atoms with Gasteiger partial charge in [-0.25, -0.2) is 0 Å². The van der Waals surface area contributed by atoms with Crippen molar-refractivity contribution in [2.24, 2.45) is 5.84 Å². The van der Waals surface area contributed by atoms with Crippen molar-refractivity contribution in [3.63, 3.8) is 0 Å². The maximum absolute atomic E-state index is 5.26. The Morgan fingerprint density at radius 3 is 2.57 bits per heavy atom. The van der Waals surface area contributed by atoms with Crippen molar-refractivity contribution in [3.8, 4) is 0 Å². The summed E-state index contributed by atoms with van der Waals surface area (Å²) >= 11 is 0. The van der Waals surface area contributed by atoms with E-state index < -0.39 is 0 Å². The molecule has 3 nitrogen and oxygen atoms in total. The molecule has 0 atom stereocenters. The molecule has 0 saturated carbocycles. The molecule has 3 heteroatoms. The summed E-state index contributed by atoms with van der Waals surface area (Å²) in [4.78, 5) is 0. The van der Waals surface area contributed by atoms with Crippen molar-refractivity contribution in [3.05, 3.63) is 35.9 Å². The van der Waals surface area contributed by atoms with Crippen LogP contribution in [0.1, 0.15) is 12.0 Å². The first-order valence-corrected chi connectivity index (χ1v) is 4.74. The predicted octanol–water partition coefficient (Wildman–Crippen LogP) is 1.59. The molecule has 0 bridgehead atoms. The van der Waals surface area contributed by atoms with E-state index in [0.717, 1.165) is 18.7 Å². The molecule has 1 rings (SSSR count). The van der Waals surface area contributed by atoms with Gasteiger partial charge in [0, 0.05) is 5.69 Å². The normalized spacial score (nSPS) is 10.7. The van der Waals surface area contributed by atoms with Gasteiger partial charge in [0.25, 0.3) is 0 Å². The van der Waals surface area contributed by atoms with Gasteiger partial charge < -0.3 is 10.7 Å². The van der Waals surface area contributed by atoms with Crippen molar-refractivity contribution in [1.82, 2.24) is 5.32 Å². The van der Waals surface area contributed by atoms with Gasteiger partial charge in [-0.05, 0) is 37.7 Å². The number of anilines is 1. The number of hydrogen-bond acceptors (Lipinski definition) is 3. The molecule has 76 valence electrons. The van der Waals surface area contributed by atoms with Gasteiger partial charge in [0.1, 0.15) is 0 Å². The van der Waals surface area contributed by atoms with Crippen molar-refractivity contribution in [1.29, 1.82) is 0 Å². The third-order valence-corrected chi connectivity index (χ3v) is 1.95. The van der Waals surface area contributed by atoms with E-state index >= 15 is 0 Å². The third kappa shape index (κ3) is 3.60. The van der Waals surface area contributed by atoms with Gasteiger partial charge in [0.05, 0.1) is 0 Å². The average molecular weight is 191 g/mol. The largest absolute Gasteiger partial charge is 0.324 e. The maximum atomic E-state index is 5.26. The Hall–Kier alpha value is -1.32. The summed E-state index contributed by atoms with van der Waals surface area (Å²) in [6, 6.07) is 7.98. The zero-order valence-corrected chi connectivity index (χ0v) is 8.46. The van der Waals surface area contributed by atoms with Gasteiger partial charge in [-0.2, -0.15) is 0 Å². The average Bonchev–Trinajstić information content (AvgIpc) is 2.25. The molecule has 1 aromatic rings. The van der Waals surface area contributed by atoms with Gasteiger partial charge in [0.2, 0.25) is 0 Å². The van der Waals surface area contributed by atoms with Gasteiger partial charge in [-0.3, -0.25) is 5.84 Å².